The van der Waals surface area contributed by atoms with E-state index in [2.05, 4.69) is 11.4 Å². The maximum Gasteiger partial charge on any atom is 0.124 e. The minimum absolute atomic E-state index is 0.248. The van der Waals surface area contributed by atoms with Gasteiger partial charge in [0.15, 0.2) is 0 Å². The average Bonchev–Trinajstić information content (AvgIpc) is 2.74. The van der Waals surface area contributed by atoms with Gasteiger partial charge in [-0.05, 0) is 37.6 Å². The van der Waals surface area contributed by atoms with Crippen LogP contribution in [-0.2, 0) is 0 Å². The van der Waals surface area contributed by atoms with Crippen LogP contribution in [0.4, 0.5) is 0 Å². The van der Waals surface area contributed by atoms with Crippen LogP contribution in [0.3, 0.4) is 0 Å². The number of rotatable bonds is 2. The molecule has 0 aromatic heterocycles. The highest BCUT2D eigenvalue weighted by atomic mass is 16.5. The first-order valence-electron chi connectivity index (χ1n) is 5.18. The second kappa shape index (κ2) is 4.33. The maximum atomic E-state index is 8.80. The summed E-state index contributed by atoms with van der Waals surface area (Å²) in [4.78, 5) is 0. The van der Waals surface area contributed by atoms with Crippen molar-refractivity contribution in [2.24, 2.45) is 0 Å². The topological polar surface area (TPSA) is 45.0 Å². The van der Waals surface area contributed by atoms with Crippen LogP contribution in [0.15, 0.2) is 18.2 Å². The van der Waals surface area contributed by atoms with Gasteiger partial charge in [-0.2, -0.15) is 5.26 Å². The zero-order chi connectivity index (χ0) is 10.7. The van der Waals surface area contributed by atoms with Gasteiger partial charge in [0.2, 0.25) is 0 Å². The van der Waals surface area contributed by atoms with Crippen molar-refractivity contribution >= 4 is 0 Å². The van der Waals surface area contributed by atoms with Gasteiger partial charge < -0.3 is 10.1 Å². The van der Waals surface area contributed by atoms with Gasteiger partial charge >= 0.3 is 0 Å². The highest BCUT2D eigenvalue weighted by Gasteiger charge is 2.16. The summed E-state index contributed by atoms with van der Waals surface area (Å²) in [5.74, 6) is 0.836. The lowest BCUT2D eigenvalue weighted by Gasteiger charge is -2.14. The van der Waals surface area contributed by atoms with Crippen LogP contribution in [0.25, 0.3) is 0 Å². The molecule has 78 valence electrons. The molecular weight excluding hydrogens is 188 g/mol. The lowest BCUT2D eigenvalue weighted by Crippen LogP contribution is -2.19. The van der Waals surface area contributed by atoms with Crippen molar-refractivity contribution in [2.45, 2.75) is 19.4 Å². The summed E-state index contributed by atoms with van der Waals surface area (Å²) < 4.78 is 5.83. The number of nitriles is 1. The Morgan fingerprint density at radius 1 is 1.53 bits per heavy atom. The monoisotopic (exact) mass is 202 g/mol. The Labute approximate surface area is 89.7 Å². The van der Waals surface area contributed by atoms with Gasteiger partial charge in [0, 0.05) is 6.54 Å². The molecule has 1 aromatic carbocycles. The Kier molecular flexibility index (Phi) is 2.89. The van der Waals surface area contributed by atoms with Crippen LogP contribution in [0.2, 0.25) is 0 Å². The van der Waals surface area contributed by atoms with E-state index in [9.17, 15) is 0 Å². The largest absolute Gasteiger partial charge is 0.489 e. The number of hydrogen-bond donors (Lipinski definition) is 1. The summed E-state index contributed by atoms with van der Waals surface area (Å²) in [6.07, 6.45) is 1.29. The lowest BCUT2D eigenvalue weighted by molar-refractivity contribution is 0.221. The van der Waals surface area contributed by atoms with Crippen molar-refractivity contribution in [3.8, 4) is 11.8 Å². The average molecular weight is 202 g/mol. The van der Waals surface area contributed by atoms with Crippen molar-refractivity contribution in [3.63, 3.8) is 0 Å². The number of nitrogens with one attached hydrogen (secondary N) is 1. The first kappa shape index (κ1) is 10.0. The quantitative estimate of drug-likeness (QED) is 0.792. The molecule has 0 saturated carbocycles. The second-order valence-corrected chi connectivity index (χ2v) is 3.82. The second-order valence-electron chi connectivity index (χ2n) is 3.82. The van der Waals surface area contributed by atoms with Gasteiger partial charge in [-0.1, -0.05) is 6.07 Å². The Hall–Kier alpha value is -1.53. The maximum absolute atomic E-state index is 8.80. The van der Waals surface area contributed by atoms with Gasteiger partial charge in [-0.3, -0.25) is 0 Å². The molecule has 1 atom stereocenters. The molecule has 1 aliphatic rings. The van der Waals surface area contributed by atoms with E-state index >= 15 is 0 Å². The molecule has 3 nitrogen and oxygen atoms in total. The third kappa shape index (κ3) is 2.28. The van der Waals surface area contributed by atoms with Crippen LogP contribution < -0.4 is 10.1 Å². The van der Waals surface area contributed by atoms with Crippen molar-refractivity contribution in [1.29, 1.82) is 5.26 Å². The predicted molar refractivity (Wildman–Crippen MR) is 57.8 cm³/mol. The number of hydrogen-bond acceptors (Lipinski definition) is 3. The van der Waals surface area contributed by atoms with Gasteiger partial charge in [0.05, 0.1) is 11.6 Å². The normalized spacial score (nSPS) is 19.9. The molecule has 0 unspecified atom stereocenters. The smallest absolute Gasteiger partial charge is 0.124 e. The molecule has 0 aliphatic carbocycles. The van der Waals surface area contributed by atoms with Crippen LogP contribution in [0.1, 0.15) is 17.5 Å². The fourth-order valence-electron chi connectivity index (χ4n) is 1.70. The lowest BCUT2D eigenvalue weighted by atomic mass is 10.1. The van der Waals surface area contributed by atoms with E-state index in [1.54, 1.807) is 0 Å². The first-order chi connectivity index (χ1) is 7.29. The molecule has 0 bridgehead atoms. The van der Waals surface area contributed by atoms with Crippen LogP contribution in [0.5, 0.6) is 5.75 Å². The van der Waals surface area contributed by atoms with Gasteiger partial charge in [0.25, 0.3) is 0 Å². The Morgan fingerprint density at radius 3 is 3.07 bits per heavy atom. The summed E-state index contributed by atoms with van der Waals surface area (Å²) in [5, 5.41) is 12.0. The number of benzene rings is 1. The number of aryl methyl sites for hydroxylation is 1. The minimum atomic E-state index is 0.248. The first-order valence-corrected chi connectivity index (χ1v) is 5.18. The molecule has 3 heteroatoms. The van der Waals surface area contributed by atoms with E-state index < -0.39 is 0 Å². The standard InChI is InChI=1S/C12H14N2O/c1-9-2-3-10(7-13)6-12(9)15-11-4-5-14-8-11/h2-3,6,11,14H,4-5,8H2,1H3/t11-/m1/s1. The molecule has 1 aromatic rings. The third-order valence-electron chi connectivity index (χ3n) is 2.63. The van der Waals surface area contributed by atoms with Crippen LogP contribution >= 0.6 is 0 Å². The van der Waals surface area contributed by atoms with Crippen molar-refractivity contribution < 1.29 is 4.74 Å². The number of ether oxygens (including phenoxy) is 1. The van der Waals surface area contributed by atoms with Crippen molar-refractivity contribution in [3.05, 3.63) is 29.3 Å². The zero-order valence-corrected chi connectivity index (χ0v) is 8.79. The minimum Gasteiger partial charge on any atom is -0.489 e. The van der Waals surface area contributed by atoms with E-state index in [1.807, 2.05) is 25.1 Å². The molecule has 1 N–H and O–H groups in total. The molecule has 1 saturated heterocycles. The molecular formula is C12H14N2O. The Balaban J connectivity index is 2.15. The molecule has 1 fully saturated rings. The Bertz CT molecular complexity index is 389. The van der Waals surface area contributed by atoms with Crippen LogP contribution in [0, 0.1) is 18.3 Å². The molecule has 1 aliphatic heterocycles. The van der Waals surface area contributed by atoms with Crippen molar-refractivity contribution in [1.82, 2.24) is 5.32 Å². The van der Waals surface area contributed by atoms with Gasteiger partial charge in [0.1, 0.15) is 11.9 Å². The fourth-order valence-corrected chi connectivity index (χ4v) is 1.70. The van der Waals surface area contributed by atoms with Crippen LogP contribution in [-0.4, -0.2) is 19.2 Å². The van der Waals surface area contributed by atoms with E-state index in [-0.39, 0.29) is 6.10 Å². The molecule has 1 heterocycles. The summed E-state index contributed by atoms with van der Waals surface area (Å²) in [6, 6.07) is 7.68. The predicted octanol–water partition coefficient (Wildman–Crippen LogP) is 1.61. The molecule has 2 rings (SSSR count). The van der Waals surface area contributed by atoms with Gasteiger partial charge in [-0.15, -0.1) is 0 Å². The molecule has 15 heavy (non-hydrogen) atoms. The molecule has 0 radical (unpaired) electrons. The van der Waals surface area contributed by atoms with Crippen molar-refractivity contribution in [2.75, 3.05) is 13.1 Å². The summed E-state index contributed by atoms with van der Waals surface area (Å²) in [6.45, 7) is 3.91. The summed E-state index contributed by atoms with van der Waals surface area (Å²) in [5.41, 5.74) is 1.74. The summed E-state index contributed by atoms with van der Waals surface area (Å²) >= 11 is 0. The molecule has 0 spiro atoms. The third-order valence-corrected chi connectivity index (χ3v) is 2.63. The SMILES string of the molecule is Cc1ccc(C#N)cc1O[C@@H]1CCNC1. The fraction of sp³-hybridized carbons (Fsp3) is 0.417. The highest BCUT2D eigenvalue weighted by Crippen LogP contribution is 2.21. The van der Waals surface area contributed by atoms with E-state index in [1.165, 1.54) is 0 Å². The number of nitrogens with zero attached hydrogens (tertiary/aromatic N) is 1. The van der Waals surface area contributed by atoms with E-state index in [0.29, 0.717) is 5.56 Å². The zero-order valence-electron chi connectivity index (χ0n) is 8.79. The highest BCUT2D eigenvalue weighted by molar-refractivity contribution is 5.41. The Morgan fingerprint density at radius 2 is 2.40 bits per heavy atom. The summed E-state index contributed by atoms with van der Waals surface area (Å²) in [7, 11) is 0. The molecule has 0 amide bonds. The van der Waals surface area contributed by atoms with E-state index in [4.69, 9.17) is 10.00 Å². The van der Waals surface area contributed by atoms with Gasteiger partial charge in [-0.25, -0.2) is 0 Å². The van der Waals surface area contributed by atoms with E-state index in [0.717, 1.165) is 30.8 Å².